The van der Waals surface area contributed by atoms with Crippen molar-refractivity contribution in [1.82, 2.24) is 29.8 Å². The quantitative estimate of drug-likeness (QED) is 0.445. The van der Waals surface area contributed by atoms with Crippen LogP contribution in [0.1, 0.15) is 26.2 Å². The number of anilines is 4. The van der Waals surface area contributed by atoms with Crippen LogP contribution in [-0.2, 0) is 6.67 Å². The fraction of sp³-hybridized carbons (Fsp3) is 0.429. The first-order valence-corrected chi connectivity index (χ1v) is 11.0. The summed E-state index contributed by atoms with van der Waals surface area (Å²) in [6.45, 7) is 3.61. The van der Waals surface area contributed by atoms with Crippen molar-refractivity contribution in [3.63, 3.8) is 0 Å². The van der Waals surface area contributed by atoms with Crippen LogP contribution in [0.25, 0.3) is 0 Å². The maximum Gasteiger partial charge on any atom is 0.236 e. The first kappa shape index (κ1) is 22.1. The highest BCUT2D eigenvalue weighted by Crippen LogP contribution is 2.35. The van der Waals surface area contributed by atoms with E-state index < -0.39 is 0 Å². The van der Waals surface area contributed by atoms with Crippen molar-refractivity contribution in [3.05, 3.63) is 41.9 Å². The summed E-state index contributed by atoms with van der Waals surface area (Å²) in [5.74, 6) is 1.61. The SMILES string of the molecule is CCC(C1CCCN1)N(c1ccc(OC)c(Cl)c1)c1nc(N)nc(NCn2ccnc2)n1. The van der Waals surface area contributed by atoms with E-state index >= 15 is 0 Å². The minimum Gasteiger partial charge on any atom is -0.495 e. The molecule has 4 rings (SSSR count). The second-order valence-electron chi connectivity index (χ2n) is 7.60. The van der Waals surface area contributed by atoms with Crippen molar-refractivity contribution in [2.24, 2.45) is 0 Å². The molecule has 2 unspecified atom stereocenters. The average Bonchev–Trinajstić information content (AvgIpc) is 3.50. The van der Waals surface area contributed by atoms with Crippen LogP contribution in [-0.4, -0.2) is 50.2 Å². The van der Waals surface area contributed by atoms with Crippen LogP contribution in [0, 0.1) is 0 Å². The number of nitrogens with one attached hydrogen (secondary N) is 2. The molecule has 3 heterocycles. The lowest BCUT2D eigenvalue weighted by Gasteiger charge is -2.35. The third kappa shape index (κ3) is 4.86. The van der Waals surface area contributed by atoms with E-state index in [2.05, 4.69) is 37.4 Å². The number of hydrogen-bond donors (Lipinski definition) is 3. The van der Waals surface area contributed by atoms with Crippen molar-refractivity contribution in [1.29, 1.82) is 0 Å². The molecule has 1 aliphatic heterocycles. The van der Waals surface area contributed by atoms with Gasteiger partial charge in [-0.1, -0.05) is 18.5 Å². The Balaban J connectivity index is 1.72. The normalized spacial score (nSPS) is 16.7. The predicted molar refractivity (Wildman–Crippen MR) is 125 cm³/mol. The first-order valence-electron chi connectivity index (χ1n) is 10.7. The molecule has 1 fully saturated rings. The van der Waals surface area contributed by atoms with Gasteiger partial charge in [-0.05, 0) is 44.0 Å². The molecule has 32 heavy (non-hydrogen) atoms. The highest BCUT2D eigenvalue weighted by atomic mass is 35.5. The van der Waals surface area contributed by atoms with E-state index in [0.29, 0.717) is 35.4 Å². The van der Waals surface area contributed by atoms with Crippen molar-refractivity contribution in [2.45, 2.75) is 44.9 Å². The topological polar surface area (TPSA) is 119 Å². The van der Waals surface area contributed by atoms with E-state index in [-0.39, 0.29) is 12.0 Å². The molecule has 4 N–H and O–H groups in total. The number of nitrogens with two attached hydrogens (primary N) is 1. The van der Waals surface area contributed by atoms with Gasteiger partial charge in [-0.2, -0.15) is 15.0 Å². The van der Waals surface area contributed by atoms with Gasteiger partial charge < -0.3 is 30.6 Å². The van der Waals surface area contributed by atoms with Gasteiger partial charge in [-0.3, -0.25) is 0 Å². The summed E-state index contributed by atoms with van der Waals surface area (Å²) < 4.78 is 7.21. The predicted octanol–water partition coefficient (Wildman–Crippen LogP) is 3.05. The maximum absolute atomic E-state index is 6.47. The van der Waals surface area contributed by atoms with Gasteiger partial charge in [0.2, 0.25) is 17.8 Å². The van der Waals surface area contributed by atoms with Gasteiger partial charge >= 0.3 is 0 Å². The Bertz CT molecular complexity index is 1020. The Morgan fingerprint density at radius 3 is 2.91 bits per heavy atom. The fourth-order valence-electron chi connectivity index (χ4n) is 4.06. The Labute approximate surface area is 192 Å². The second-order valence-corrected chi connectivity index (χ2v) is 8.00. The lowest BCUT2D eigenvalue weighted by molar-refractivity contribution is 0.415. The molecule has 170 valence electrons. The molecule has 1 saturated heterocycles. The first-order chi connectivity index (χ1) is 15.6. The fourth-order valence-corrected chi connectivity index (χ4v) is 4.31. The summed E-state index contributed by atoms with van der Waals surface area (Å²) in [7, 11) is 1.60. The van der Waals surface area contributed by atoms with E-state index in [4.69, 9.17) is 27.1 Å². The smallest absolute Gasteiger partial charge is 0.236 e. The number of imidazole rings is 1. The van der Waals surface area contributed by atoms with Crippen LogP contribution in [0.4, 0.5) is 23.5 Å². The summed E-state index contributed by atoms with van der Waals surface area (Å²) in [6, 6.07) is 6.08. The van der Waals surface area contributed by atoms with Crippen molar-refractivity contribution >= 4 is 35.1 Å². The molecule has 0 spiro atoms. The number of nitrogen functional groups attached to an aromatic ring is 1. The minimum absolute atomic E-state index is 0.102. The molecule has 0 radical (unpaired) electrons. The third-order valence-electron chi connectivity index (χ3n) is 5.56. The standard InChI is InChI=1S/C21H28ClN9O/c1-3-17(16-5-4-8-25-16)31(14-6-7-18(32-2)15(22)11-14)21-28-19(23)27-20(29-21)26-13-30-10-9-24-12-30/h6-7,9-12,16-17,25H,3-5,8,13H2,1-2H3,(H3,23,26,27,28,29). The Hall–Kier alpha value is -3.11. The highest BCUT2D eigenvalue weighted by Gasteiger charge is 2.32. The number of rotatable bonds is 9. The molecular formula is C21H28ClN9O. The summed E-state index contributed by atoms with van der Waals surface area (Å²) >= 11 is 6.47. The van der Waals surface area contributed by atoms with Crippen molar-refractivity contribution in [3.8, 4) is 5.75 Å². The van der Waals surface area contributed by atoms with Gasteiger partial charge in [0.15, 0.2) is 0 Å². The van der Waals surface area contributed by atoms with Gasteiger partial charge in [-0.15, -0.1) is 0 Å². The molecule has 2 aromatic heterocycles. The zero-order valence-corrected chi connectivity index (χ0v) is 19.0. The van der Waals surface area contributed by atoms with E-state index in [0.717, 1.165) is 31.5 Å². The second kappa shape index (κ2) is 10.0. The summed E-state index contributed by atoms with van der Waals surface area (Å²) in [4.78, 5) is 19.6. The molecule has 3 aromatic rings. The number of halogens is 1. The van der Waals surface area contributed by atoms with Crippen molar-refractivity contribution < 1.29 is 4.74 Å². The third-order valence-corrected chi connectivity index (χ3v) is 5.86. The molecule has 1 aliphatic rings. The minimum atomic E-state index is 0.102. The van der Waals surface area contributed by atoms with Crippen LogP contribution < -0.4 is 26.0 Å². The molecule has 0 amide bonds. The van der Waals surface area contributed by atoms with Gasteiger partial charge in [0, 0.05) is 24.1 Å². The van der Waals surface area contributed by atoms with Crippen LogP contribution in [0.3, 0.4) is 0 Å². The van der Waals surface area contributed by atoms with E-state index in [1.807, 2.05) is 29.0 Å². The highest BCUT2D eigenvalue weighted by molar-refractivity contribution is 6.32. The van der Waals surface area contributed by atoms with Crippen LogP contribution >= 0.6 is 11.6 Å². The molecular weight excluding hydrogens is 430 g/mol. The summed E-state index contributed by atoms with van der Waals surface area (Å²) in [5, 5.41) is 7.31. The number of nitrogens with zero attached hydrogens (tertiary/aromatic N) is 6. The monoisotopic (exact) mass is 457 g/mol. The number of ether oxygens (including phenoxy) is 1. The van der Waals surface area contributed by atoms with Gasteiger partial charge in [0.25, 0.3) is 0 Å². The van der Waals surface area contributed by atoms with Crippen LogP contribution in [0.2, 0.25) is 5.02 Å². The largest absolute Gasteiger partial charge is 0.495 e. The zero-order chi connectivity index (χ0) is 22.5. The van der Waals surface area contributed by atoms with Crippen LogP contribution in [0.5, 0.6) is 5.75 Å². The molecule has 11 heteroatoms. The molecule has 0 bridgehead atoms. The number of aromatic nitrogens is 5. The number of methoxy groups -OCH3 is 1. The Morgan fingerprint density at radius 1 is 1.38 bits per heavy atom. The van der Waals surface area contributed by atoms with Gasteiger partial charge in [0.1, 0.15) is 5.75 Å². The van der Waals surface area contributed by atoms with E-state index in [1.54, 1.807) is 19.6 Å². The van der Waals surface area contributed by atoms with Gasteiger partial charge in [-0.25, -0.2) is 4.98 Å². The summed E-state index contributed by atoms with van der Waals surface area (Å²) in [6.07, 6.45) is 8.36. The molecule has 2 atom stereocenters. The molecule has 10 nitrogen and oxygen atoms in total. The molecule has 1 aromatic carbocycles. The average molecular weight is 458 g/mol. The lowest BCUT2D eigenvalue weighted by Crippen LogP contribution is -2.46. The van der Waals surface area contributed by atoms with Crippen LogP contribution in [0.15, 0.2) is 36.9 Å². The Morgan fingerprint density at radius 2 is 2.25 bits per heavy atom. The molecule has 0 aliphatic carbocycles. The number of hydrogen-bond acceptors (Lipinski definition) is 9. The number of benzene rings is 1. The van der Waals surface area contributed by atoms with Crippen molar-refractivity contribution in [2.75, 3.05) is 29.6 Å². The Kier molecular flexibility index (Phi) is 6.91. The van der Waals surface area contributed by atoms with E-state index in [1.165, 1.54) is 0 Å². The zero-order valence-electron chi connectivity index (χ0n) is 18.2. The lowest BCUT2D eigenvalue weighted by atomic mass is 10.0. The molecule has 0 saturated carbocycles. The maximum atomic E-state index is 6.47. The summed E-state index contributed by atoms with van der Waals surface area (Å²) in [5.41, 5.74) is 6.95. The van der Waals surface area contributed by atoms with E-state index in [9.17, 15) is 0 Å². The van der Waals surface area contributed by atoms with Gasteiger partial charge in [0.05, 0.1) is 31.2 Å².